The van der Waals surface area contributed by atoms with Crippen molar-refractivity contribution < 1.29 is 23.8 Å². The third-order valence-electron chi connectivity index (χ3n) is 6.66. The summed E-state index contributed by atoms with van der Waals surface area (Å²) in [6.07, 6.45) is 14.3. The smallest absolute Gasteiger partial charge is 0.343 e. The fraction of sp³-hybridized carbons (Fsp3) is 0.394. The van der Waals surface area contributed by atoms with Crippen LogP contribution in [0.4, 0.5) is 10.1 Å². The van der Waals surface area contributed by atoms with Gasteiger partial charge in [-0.1, -0.05) is 70.8 Å². The molecule has 0 saturated heterocycles. The SMILES string of the molecule is CCCCCCCCCCCCOc1ccc(C=Nc2cccc(C(=O)Oc3ccc(F)cc3)c2C)c(O)c1. The first-order valence-electron chi connectivity index (χ1n) is 14.0. The molecule has 1 N–H and O–H groups in total. The van der Waals surface area contributed by atoms with Crippen molar-refractivity contribution in [3.63, 3.8) is 0 Å². The first kappa shape index (κ1) is 29.9. The van der Waals surface area contributed by atoms with Crippen molar-refractivity contribution in [3.05, 3.63) is 83.2 Å². The third kappa shape index (κ3) is 10.2. The number of aliphatic imine (C=N–C) groups is 1. The standard InChI is InChI=1S/C33H40FNO4/c1-3-4-5-6-7-8-9-10-11-12-22-38-29-19-16-26(32(36)23-29)24-35-31-15-13-14-30(25(31)2)33(37)39-28-20-17-27(34)18-21-28/h13-21,23-24,36H,3-12,22H2,1-2H3. The molecular weight excluding hydrogens is 493 g/mol. The Morgan fingerprint density at radius 3 is 2.18 bits per heavy atom. The van der Waals surface area contributed by atoms with E-state index in [0.29, 0.717) is 34.7 Å². The van der Waals surface area contributed by atoms with Crippen LogP contribution in [-0.4, -0.2) is 23.9 Å². The van der Waals surface area contributed by atoms with Gasteiger partial charge in [-0.05, 0) is 67.4 Å². The summed E-state index contributed by atoms with van der Waals surface area (Å²) < 4.78 is 24.3. The van der Waals surface area contributed by atoms with E-state index in [-0.39, 0.29) is 11.5 Å². The van der Waals surface area contributed by atoms with Gasteiger partial charge in [0.25, 0.3) is 0 Å². The first-order chi connectivity index (χ1) is 19.0. The van der Waals surface area contributed by atoms with Gasteiger partial charge >= 0.3 is 5.97 Å². The van der Waals surface area contributed by atoms with Crippen molar-refractivity contribution in [2.24, 2.45) is 4.99 Å². The molecule has 0 fully saturated rings. The molecule has 208 valence electrons. The molecule has 0 aromatic heterocycles. The lowest BCUT2D eigenvalue weighted by Crippen LogP contribution is -2.10. The Hall–Kier alpha value is -3.67. The molecule has 0 spiro atoms. The summed E-state index contributed by atoms with van der Waals surface area (Å²) in [5.74, 6) is 0.00315. The molecule has 0 aliphatic rings. The molecule has 6 heteroatoms. The quantitative estimate of drug-likeness (QED) is 0.0863. The van der Waals surface area contributed by atoms with Gasteiger partial charge in [0.05, 0.1) is 17.9 Å². The Morgan fingerprint density at radius 2 is 1.51 bits per heavy atom. The van der Waals surface area contributed by atoms with Gasteiger partial charge in [-0.3, -0.25) is 4.99 Å². The lowest BCUT2D eigenvalue weighted by molar-refractivity contribution is 0.0734. The zero-order valence-electron chi connectivity index (χ0n) is 23.1. The maximum absolute atomic E-state index is 13.1. The zero-order valence-corrected chi connectivity index (χ0v) is 23.1. The summed E-state index contributed by atoms with van der Waals surface area (Å²) in [5.41, 5.74) is 2.11. The molecule has 0 bridgehead atoms. The number of phenolic OH excluding ortho intramolecular Hbond substituents is 1. The van der Waals surface area contributed by atoms with Crippen molar-refractivity contribution in [1.82, 2.24) is 0 Å². The Bertz CT molecular complexity index is 1210. The fourth-order valence-electron chi connectivity index (χ4n) is 4.29. The van der Waals surface area contributed by atoms with Crippen LogP contribution in [0.1, 0.15) is 92.6 Å². The number of benzene rings is 3. The zero-order chi connectivity index (χ0) is 27.9. The van der Waals surface area contributed by atoms with Crippen LogP contribution in [0.5, 0.6) is 17.2 Å². The molecule has 0 saturated carbocycles. The van der Waals surface area contributed by atoms with Crippen molar-refractivity contribution in [2.75, 3.05) is 6.61 Å². The number of hydrogen-bond donors (Lipinski definition) is 1. The summed E-state index contributed by atoms with van der Waals surface area (Å²) in [6, 6.07) is 15.6. The summed E-state index contributed by atoms with van der Waals surface area (Å²) in [7, 11) is 0. The molecule has 39 heavy (non-hydrogen) atoms. The van der Waals surface area contributed by atoms with Crippen molar-refractivity contribution in [1.29, 1.82) is 0 Å². The average Bonchev–Trinajstić information content (AvgIpc) is 2.93. The van der Waals surface area contributed by atoms with Crippen LogP contribution >= 0.6 is 0 Å². The van der Waals surface area contributed by atoms with Crippen LogP contribution in [0.25, 0.3) is 0 Å². The summed E-state index contributed by atoms with van der Waals surface area (Å²) in [6.45, 7) is 4.65. The number of rotatable bonds is 16. The van der Waals surface area contributed by atoms with E-state index >= 15 is 0 Å². The third-order valence-corrected chi connectivity index (χ3v) is 6.66. The lowest BCUT2D eigenvalue weighted by Gasteiger charge is -2.09. The van der Waals surface area contributed by atoms with E-state index < -0.39 is 11.8 Å². The molecule has 0 unspecified atom stereocenters. The number of ether oxygens (including phenoxy) is 2. The Labute approximate surface area is 231 Å². The van der Waals surface area contributed by atoms with E-state index in [1.54, 1.807) is 43.5 Å². The van der Waals surface area contributed by atoms with Crippen LogP contribution in [0, 0.1) is 12.7 Å². The van der Waals surface area contributed by atoms with Crippen molar-refractivity contribution in [3.8, 4) is 17.2 Å². The average molecular weight is 534 g/mol. The minimum atomic E-state index is -0.553. The Morgan fingerprint density at radius 1 is 0.872 bits per heavy atom. The van der Waals surface area contributed by atoms with E-state index in [1.165, 1.54) is 75.6 Å². The molecular formula is C33H40FNO4. The number of nitrogens with zero attached hydrogens (tertiary/aromatic N) is 1. The van der Waals surface area contributed by atoms with E-state index in [2.05, 4.69) is 11.9 Å². The predicted molar refractivity (Wildman–Crippen MR) is 155 cm³/mol. The highest BCUT2D eigenvalue weighted by Crippen LogP contribution is 2.26. The Kier molecular flexibility index (Phi) is 12.5. The van der Waals surface area contributed by atoms with Gasteiger partial charge in [-0.25, -0.2) is 9.18 Å². The number of carbonyl (C=O) groups excluding carboxylic acids is 1. The molecule has 5 nitrogen and oxygen atoms in total. The maximum Gasteiger partial charge on any atom is 0.343 e. The minimum Gasteiger partial charge on any atom is -0.507 e. The highest BCUT2D eigenvalue weighted by atomic mass is 19.1. The lowest BCUT2D eigenvalue weighted by atomic mass is 10.1. The van der Waals surface area contributed by atoms with Gasteiger partial charge in [0.2, 0.25) is 0 Å². The Balaban J connectivity index is 1.46. The number of phenols is 1. The number of unbranched alkanes of at least 4 members (excludes halogenated alkanes) is 9. The van der Waals surface area contributed by atoms with Crippen LogP contribution in [-0.2, 0) is 0 Å². The van der Waals surface area contributed by atoms with Crippen molar-refractivity contribution >= 4 is 17.9 Å². The van der Waals surface area contributed by atoms with E-state index in [9.17, 15) is 14.3 Å². The van der Waals surface area contributed by atoms with Gasteiger partial charge in [-0.2, -0.15) is 0 Å². The molecule has 0 aliphatic carbocycles. The van der Waals surface area contributed by atoms with E-state index in [4.69, 9.17) is 9.47 Å². The number of hydrogen-bond acceptors (Lipinski definition) is 5. The minimum absolute atomic E-state index is 0.0730. The molecule has 3 aromatic carbocycles. The largest absolute Gasteiger partial charge is 0.507 e. The molecule has 0 radical (unpaired) electrons. The second kappa shape index (κ2) is 16.3. The second-order valence-corrected chi connectivity index (χ2v) is 9.80. The number of aromatic hydroxyl groups is 1. The van der Waals surface area contributed by atoms with Gasteiger partial charge in [0.1, 0.15) is 23.1 Å². The first-order valence-corrected chi connectivity index (χ1v) is 14.0. The fourth-order valence-corrected chi connectivity index (χ4v) is 4.29. The monoisotopic (exact) mass is 533 g/mol. The van der Waals surface area contributed by atoms with Gasteiger partial charge in [0, 0.05) is 17.8 Å². The predicted octanol–water partition coefficient (Wildman–Crippen LogP) is 9.11. The molecule has 0 aliphatic heterocycles. The molecule has 0 atom stereocenters. The van der Waals surface area contributed by atoms with Crippen LogP contribution in [0.3, 0.4) is 0 Å². The molecule has 0 amide bonds. The summed E-state index contributed by atoms with van der Waals surface area (Å²) in [5, 5.41) is 10.5. The number of esters is 1. The number of halogens is 1. The van der Waals surface area contributed by atoms with Gasteiger partial charge < -0.3 is 14.6 Å². The highest BCUT2D eigenvalue weighted by molar-refractivity contribution is 5.94. The second-order valence-electron chi connectivity index (χ2n) is 9.80. The topological polar surface area (TPSA) is 68.1 Å². The molecule has 3 aromatic rings. The maximum atomic E-state index is 13.1. The van der Waals surface area contributed by atoms with Crippen molar-refractivity contribution in [2.45, 2.75) is 78.1 Å². The normalized spacial score (nSPS) is 11.2. The molecule has 3 rings (SSSR count). The van der Waals surface area contributed by atoms with Gasteiger partial charge in [0.15, 0.2) is 0 Å². The van der Waals surface area contributed by atoms with Crippen LogP contribution < -0.4 is 9.47 Å². The highest BCUT2D eigenvalue weighted by Gasteiger charge is 2.14. The van der Waals surface area contributed by atoms with Crippen LogP contribution in [0.15, 0.2) is 65.7 Å². The van der Waals surface area contributed by atoms with E-state index in [0.717, 1.165) is 12.8 Å². The van der Waals surface area contributed by atoms with Crippen LogP contribution in [0.2, 0.25) is 0 Å². The van der Waals surface area contributed by atoms with Gasteiger partial charge in [-0.15, -0.1) is 0 Å². The summed E-state index contributed by atoms with van der Waals surface area (Å²) in [4.78, 5) is 17.1. The summed E-state index contributed by atoms with van der Waals surface area (Å²) >= 11 is 0. The van der Waals surface area contributed by atoms with E-state index in [1.807, 2.05) is 6.07 Å². The molecule has 0 heterocycles. The number of carbonyl (C=O) groups is 1.